The van der Waals surface area contributed by atoms with Crippen molar-refractivity contribution in [2.45, 2.75) is 23.8 Å². The van der Waals surface area contributed by atoms with Crippen molar-refractivity contribution < 1.29 is 23.1 Å². The van der Waals surface area contributed by atoms with Gasteiger partial charge in [0.05, 0.1) is 22.6 Å². The number of amides is 1. The molecule has 1 aliphatic rings. The van der Waals surface area contributed by atoms with E-state index in [1.165, 1.54) is 18.2 Å². The van der Waals surface area contributed by atoms with Crippen LogP contribution in [0.4, 0.5) is 0 Å². The quantitative estimate of drug-likeness (QED) is 0.854. The van der Waals surface area contributed by atoms with E-state index in [0.29, 0.717) is 18.6 Å². The van der Waals surface area contributed by atoms with Gasteiger partial charge in [0, 0.05) is 19.3 Å². The van der Waals surface area contributed by atoms with Gasteiger partial charge in [-0.15, -0.1) is 0 Å². The van der Waals surface area contributed by atoms with Gasteiger partial charge in [-0.2, -0.15) is 0 Å². The second kappa shape index (κ2) is 6.74. The number of phenols is 1. The van der Waals surface area contributed by atoms with E-state index in [4.69, 9.17) is 4.74 Å². The molecule has 0 aromatic heterocycles. The summed E-state index contributed by atoms with van der Waals surface area (Å²) < 4.78 is 28.8. The molecule has 7 heteroatoms. The summed E-state index contributed by atoms with van der Waals surface area (Å²) in [6.45, 7) is 2.52. The molecule has 1 aliphatic heterocycles. The van der Waals surface area contributed by atoms with Gasteiger partial charge in [-0.05, 0) is 36.2 Å². The van der Waals surface area contributed by atoms with Gasteiger partial charge in [0.25, 0.3) is 5.91 Å². The lowest BCUT2D eigenvalue weighted by molar-refractivity contribution is 0.0872. The van der Waals surface area contributed by atoms with Crippen molar-refractivity contribution in [3.63, 3.8) is 0 Å². The van der Waals surface area contributed by atoms with Gasteiger partial charge in [-0.1, -0.05) is 24.3 Å². The molecule has 26 heavy (non-hydrogen) atoms. The van der Waals surface area contributed by atoms with Crippen molar-refractivity contribution in [1.29, 1.82) is 0 Å². The van der Waals surface area contributed by atoms with Crippen molar-refractivity contribution in [1.82, 2.24) is 5.32 Å². The largest absolute Gasteiger partial charge is 0.507 e. The van der Waals surface area contributed by atoms with Crippen molar-refractivity contribution in [3.8, 4) is 5.75 Å². The van der Waals surface area contributed by atoms with Crippen LogP contribution in [0.3, 0.4) is 0 Å². The first-order valence-corrected chi connectivity index (χ1v) is 10.1. The Morgan fingerprint density at radius 1 is 1.19 bits per heavy atom. The van der Waals surface area contributed by atoms with Gasteiger partial charge >= 0.3 is 0 Å². The lowest BCUT2D eigenvalue weighted by atomic mass is 9.88. The van der Waals surface area contributed by atoms with E-state index in [1.807, 2.05) is 0 Å². The molecule has 2 N–H and O–H groups in total. The first kappa shape index (κ1) is 18.4. The maximum Gasteiger partial charge on any atom is 0.256 e. The van der Waals surface area contributed by atoms with Gasteiger partial charge in [0.15, 0.2) is 9.84 Å². The number of carbonyl (C=O) groups is 1. The number of sulfone groups is 1. The average Bonchev–Trinajstić information content (AvgIpc) is 3.03. The Morgan fingerprint density at radius 2 is 1.88 bits per heavy atom. The number of aromatic hydroxyl groups is 1. The number of hydrogen-bond donors (Lipinski definition) is 2. The number of rotatable bonds is 4. The summed E-state index contributed by atoms with van der Waals surface area (Å²) in [6.07, 6.45) is 1.71. The van der Waals surface area contributed by atoms with Gasteiger partial charge in [-0.3, -0.25) is 4.79 Å². The Balaban J connectivity index is 1.95. The molecule has 1 saturated heterocycles. The van der Waals surface area contributed by atoms with Crippen molar-refractivity contribution in [2.24, 2.45) is 0 Å². The Morgan fingerprint density at radius 3 is 2.42 bits per heavy atom. The molecule has 1 amide bonds. The molecule has 0 radical (unpaired) electrons. The van der Waals surface area contributed by atoms with Gasteiger partial charge in [0.1, 0.15) is 5.75 Å². The van der Waals surface area contributed by atoms with Crippen molar-refractivity contribution in [3.05, 3.63) is 59.2 Å². The Hall–Kier alpha value is -2.38. The lowest BCUT2D eigenvalue weighted by Crippen LogP contribution is -2.46. The molecule has 1 atom stereocenters. The predicted molar refractivity (Wildman–Crippen MR) is 97.0 cm³/mol. The zero-order valence-corrected chi connectivity index (χ0v) is 15.5. The molecule has 138 valence electrons. The molecule has 0 saturated carbocycles. The number of benzene rings is 2. The van der Waals surface area contributed by atoms with Crippen molar-refractivity contribution >= 4 is 15.7 Å². The summed E-state index contributed by atoms with van der Waals surface area (Å²) in [6, 6.07) is 11.4. The molecule has 0 unspecified atom stereocenters. The Bertz CT molecular complexity index is 909. The fourth-order valence-corrected chi connectivity index (χ4v) is 3.84. The van der Waals surface area contributed by atoms with Crippen LogP contribution in [-0.4, -0.2) is 38.9 Å². The van der Waals surface area contributed by atoms with Crippen molar-refractivity contribution in [2.75, 3.05) is 19.5 Å². The maximum atomic E-state index is 12.8. The Labute approximate surface area is 152 Å². The van der Waals surface area contributed by atoms with Crippen LogP contribution in [0.1, 0.15) is 27.9 Å². The van der Waals surface area contributed by atoms with Crippen LogP contribution in [0.5, 0.6) is 5.75 Å². The van der Waals surface area contributed by atoms with E-state index in [0.717, 1.165) is 11.8 Å². The number of nitrogens with one attached hydrogen (secondary N) is 1. The van der Waals surface area contributed by atoms with E-state index in [1.54, 1.807) is 31.2 Å². The van der Waals surface area contributed by atoms with Crippen LogP contribution in [0.2, 0.25) is 0 Å². The van der Waals surface area contributed by atoms with Crippen LogP contribution in [0.25, 0.3) is 0 Å². The highest BCUT2D eigenvalue weighted by atomic mass is 32.2. The Kier molecular flexibility index (Phi) is 4.77. The topological polar surface area (TPSA) is 92.7 Å². The second-order valence-corrected chi connectivity index (χ2v) is 8.62. The number of hydrogen-bond acceptors (Lipinski definition) is 5. The van der Waals surface area contributed by atoms with E-state index in [2.05, 4.69) is 5.32 Å². The molecule has 2 aromatic carbocycles. The molecule has 2 aromatic rings. The van der Waals surface area contributed by atoms with Gasteiger partial charge in [-0.25, -0.2) is 8.42 Å². The van der Waals surface area contributed by atoms with E-state index >= 15 is 0 Å². The highest BCUT2D eigenvalue weighted by Crippen LogP contribution is 2.32. The lowest BCUT2D eigenvalue weighted by Gasteiger charge is -2.30. The third kappa shape index (κ3) is 3.45. The molecular weight excluding hydrogens is 354 g/mol. The second-order valence-electron chi connectivity index (χ2n) is 6.60. The van der Waals surface area contributed by atoms with E-state index in [9.17, 15) is 18.3 Å². The first-order chi connectivity index (χ1) is 12.2. The third-order valence-electron chi connectivity index (χ3n) is 4.69. The normalized spacial score (nSPS) is 20.1. The van der Waals surface area contributed by atoms with Crippen LogP contribution < -0.4 is 5.32 Å². The highest BCUT2D eigenvalue weighted by Gasteiger charge is 2.39. The molecule has 3 rings (SSSR count). The molecular formula is C19H21NO5S. The van der Waals surface area contributed by atoms with Crippen LogP contribution in [-0.2, 0) is 20.1 Å². The summed E-state index contributed by atoms with van der Waals surface area (Å²) in [5.41, 5.74) is 0.904. The molecule has 0 bridgehead atoms. The number of phenolic OH excluding ortho intramolecular Hbond substituents is 1. The van der Waals surface area contributed by atoms with Gasteiger partial charge < -0.3 is 15.2 Å². The van der Waals surface area contributed by atoms with Crippen LogP contribution in [0.15, 0.2) is 47.4 Å². The molecule has 6 nitrogen and oxygen atoms in total. The molecule has 0 aliphatic carbocycles. The van der Waals surface area contributed by atoms with E-state index in [-0.39, 0.29) is 22.8 Å². The summed E-state index contributed by atoms with van der Waals surface area (Å²) in [4.78, 5) is 13.0. The molecule has 1 fully saturated rings. The molecule has 0 spiro atoms. The SMILES string of the molecule is Cc1cccc(O)c1C(=O)N[C@@]1(c2ccc(S(C)(=O)=O)cc2)CCOC1. The zero-order chi connectivity index (χ0) is 18.9. The zero-order valence-electron chi connectivity index (χ0n) is 14.7. The minimum atomic E-state index is -3.29. The summed E-state index contributed by atoms with van der Waals surface area (Å²) in [5, 5.41) is 13.0. The fourth-order valence-electron chi connectivity index (χ4n) is 3.21. The summed E-state index contributed by atoms with van der Waals surface area (Å²) in [5.74, 6) is -0.470. The monoisotopic (exact) mass is 375 g/mol. The average molecular weight is 375 g/mol. The number of ether oxygens (including phenoxy) is 1. The fraction of sp³-hybridized carbons (Fsp3) is 0.316. The number of carbonyl (C=O) groups excluding carboxylic acids is 1. The highest BCUT2D eigenvalue weighted by molar-refractivity contribution is 7.90. The van der Waals surface area contributed by atoms with E-state index < -0.39 is 21.3 Å². The third-order valence-corrected chi connectivity index (χ3v) is 5.82. The smallest absolute Gasteiger partial charge is 0.256 e. The number of aryl methyl sites for hydroxylation is 1. The van der Waals surface area contributed by atoms with Crippen LogP contribution in [0, 0.1) is 6.92 Å². The first-order valence-electron chi connectivity index (χ1n) is 8.22. The maximum absolute atomic E-state index is 12.8. The minimum Gasteiger partial charge on any atom is -0.507 e. The van der Waals surface area contributed by atoms with Crippen LogP contribution >= 0.6 is 0 Å². The standard InChI is InChI=1S/C19H21NO5S/c1-13-4-3-5-16(21)17(13)18(22)20-19(10-11-25-12-19)14-6-8-15(9-7-14)26(2,23)24/h3-9,21H,10-12H2,1-2H3,(H,20,22)/t19-/m0/s1. The minimum absolute atomic E-state index is 0.0796. The predicted octanol–water partition coefficient (Wildman–Crippen LogP) is 2.15. The van der Waals surface area contributed by atoms with Gasteiger partial charge in [0.2, 0.25) is 0 Å². The summed E-state index contributed by atoms with van der Waals surface area (Å²) >= 11 is 0. The molecule has 1 heterocycles. The summed E-state index contributed by atoms with van der Waals surface area (Å²) in [7, 11) is -3.29.